The third-order valence-corrected chi connectivity index (χ3v) is 4.53. The number of hydrogen-bond donors (Lipinski definition) is 2. The number of carbonyl (C=O) groups is 1. The summed E-state index contributed by atoms with van der Waals surface area (Å²) in [6, 6.07) is 8.19. The molecule has 7 nitrogen and oxygen atoms in total. The smallest absolute Gasteiger partial charge is 0.330 e. The van der Waals surface area contributed by atoms with Crippen molar-refractivity contribution in [3.05, 3.63) is 47.7 Å². The molecule has 0 radical (unpaired) electrons. The molecule has 2 aromatic heterocycles. The van der Waals surface area contributed by atoms with E-state index in [4.69, 9.17) is 9.47 Å². The van der Waals surface area contributed by atoms with Crippen molar-refractivity contribution in [1.82, 2.24) is 20.3 Å². The van der Waals surface area contributed by atoms with Crippen LogP contribution in [-0.2, 0) is 16.1 Å². The third-order valence-electron chi connectivity index (χ3n) is 4.53. The number of rotatable bonds is 11. The van der Waals surface area contributed by atoms with Crippen molar-refractivity contribution in [3.63, 3.8) is 0 Å². The summed E-state index contributed by atoms with van der Waals surface area (Å²) >= 11 is 0. The monoisotopic (exact) mass is 454 g/mol. The second-order valence-corrected chi connectivity index (χ2v) is 7.00. The molecule has 0 bridgehead atoms. The highest BCUT2D eigenvalue weighted by atomic mass is 19.3. The Labute approximate surface area is 181 Å². The van der Waals surface area contributed by atoms with Crippen molar-refractivity contribution in [2.45, 2.75) is 25.4 Å². The number of fused-ring (bicyclic) bond motifs is 1. The number of nitrogens with one attached hydrogen (secondary N) is 2. The second-order valence-electron chi connectivity index (χ2n) is 7.00. The maximum absolute atomic E-state index is 13.0. The molecule has 0 saturated carbocycles. The van der Waals surface area contributed by atoms with Gasteiger partial charge in [-0.05, 0) is 24.1 Å². The minimum absolute atomic E-state index is 0.274. The van der Waals surface area contributed by atoms with Gasteiger partial charge in [-0.25, -0.2) is 18.7 Å². The van der Waals surface area contributed by atoms with Crippen LogP contribution in [0.25, 0.3) is 22.6 Å². The van der Waals surface area contributed by atoms with Crippen molar-refractivity contribution in [2.24, 2.45) is 0 Å². The molecule has 1 amide bonds. The summed E-state index contributed by atoms with van der Waals surface area (Å²) < 4.78 is 60.2. The second kappa shape index (κ2) is 10.5. The van der Waals surface area contributed by atoms with Crippen LogP contribution in [0.3, 0.4) is 0 Å². The molecule has 3 aromatic rings. The van der Waals surface area contributed by atoms with Crippen LogP contribution in [0.15, 0.2) is 36.5 Å². The molecule has 2 heterocycles. The minimum Gasteiger partial charge on any atom is -0.385 e. The van der Waals surface area contributed by atoms with E-state index in [9.17, 15) is 22.4 Å². The first kappa shape index (κ1) is 23.6. The lowest BCUT2D eigenvalue weighted by Gasteiger charge is -2.15. The van der Waals surface area contributed by atoms with Crippen LogP contribution in [0, 0.1) is 0 Å². The van der Waals surface area contributed by atoms with Crippen molar-refractivity contribution >= 4 is 17.1 Å². The lowest BCUT2D eigenvalue weighted by molar-refractivity contribution is -0.168. The van der Waals surface area contributed by atoms with E-state index in [1.165, 1.54) is 6.20 Å². The number of nitrogens with zero attached hydrogens (tertiary/aromatic N) is 2. The number of benzene rings is 1. The van der Waals surface area contributed by atoms with Gasteiger partial charge >= 0.3 is 12.3 Å². The maximum Gasteiger partial charge on any atom is 0.330 e. The van der Waals surface area contributed by atoms with E-state index in [0.717, 1.165) is 0 Å². The summed E-state index contributed by atoms with van der Waals surface area (Å²) in [7, 11) is 1.58. The molecule has 0 saturated heterocycles. The number of imidazole rings is 1. The SMILES string of the molecule is COCCCNC(=O)c1ccnc2nc(-c3cccc(COCC(F)(F)C(F)F)c3)[nH]c12. The highest BCUT2D eigenvalue weighted by Gasteiger charge is 2.40. The summed E-state index contributed by atoms with van der Waals surface area (Å²) in [5.74, 6) is -4.08. The molecular formula is C21H22F4N4O3. The fourth-order valence-electron chi connectivity index (χ4n) is 2.93. The Morgan fingerprint density at radius 3 is 2.84 bits per heavy atom. The number of pyridine rings is 1. The van der Waals surface area contributed by atoms with Gasteiger partial charge in [-0.1, -0.05) is 18.2 Å². The number of H-pyrrole nitrogens is 1. The van der Waals surface area contributed by atoms with E-state index >= 15 is 0 Å². The molecule has 3 rings (SSSR count). The standard InChI is InChI=1S/C21H22F4N4O3/c1-31-9-3-7-27-19(30)15-6-8-26-18-16(15)28-17(29-18)14-5-2-4-13(10-14)11-32-12-21(24,25)20(22)23/h2,4-6,8,10,20H,3,7,9,11-12H2,1H3,(H,27,30)(H,26,28,29). The minimum atomic E-state index is -4.21. The number of carbonyl (C=O) groups excluding carboxylic acids is 1. The third kappa shape index (κ3) is 5.80. The number of ether oxygens (including phenoxy) is 2. The molecule has 2 N–H and O–H groups in total. The molecule has 0 unspecified atom stereocenters. The molecule has 0 aliphatic rings. The lowest BCUT2D eigenvalue weighted by atomic mass is 10.1. The van der Waals surface area contributed by atoms with Gasteiger partial charge in [0.2, 0.25) is 0 Å². The molecule has 0 atom stereocenters. The quantitative estimate of drug-likeness (QED) is 0.340. The first-order chi connectivity index (χ1) is 15.3. The van der Waals surface area contributed by atoms with Crippen LogP contribution in [-0.4, -0.2) is 60.1 Å². The first-order valence-corrected chi connectivity index (χ1v) is 9.76. The molecule has 0 aliphatic heterocycles. The number of methoxy groups -OCH3 is 1. The number of alkyl halides is 4. The lowest BCUT2D eigenvalue weighted by Crippen LogP contribution is -2.32. The Morgan fingerprint density at radius 2 is 2.09 bits per heavy atom. The fraction of sp³-hybridized carbons (Fsp3) is 0.381. The number of amides is 1. The average Bonchev–Trinajstić information content (AvgIpc) is 3.21. The normalized spacial score (nSPS) is 11.9. The number of aromatic amines is 1. The largest absolute Gasteiger partial charge is 0.385 e. The molecule has 0 fully saturated rings. The number of hydrogen-bond acceptors (Lipinski definition) is 5. The van der Waals surface area contributed by atoms with Crippen LogP contribution >= 0.6 is 0 Å². The van der Waals surface area contributed by atoms with Gasteiger partial charge in [-0.15, -0.1) is 0 Å². The molecule has 172 valence electrons. The predicted octanol–water partition coefficient (Wildman–Crippen LogP) is 3.81. The summed E-state index contributed by atoms with van der Waals surface area (Å²) in [6.45, 7) is -0.680. The molecular weight excluding hydrogens is 432 g/mol. The fourth-order valence-corrected chi connectivity index (χ4v) is 2.93. The van der Waals surface area contributed by atoms with E-state index in [1.54, 1.807) is 37.4 Å². The zero-order valence-corrected chi connectivity index (χ0v) is 17.2. The summed E-state index contributed by atoms with van der Waals surface area (Å²) in [6.07, 6.45) is -1.64. The van der Waals surface area contributed by atoms with Gasteiger partial charge in [0.05, 0.1) is 17.7 Å². The van der Waals surface area contributed by atoms with Crippen LogP contribution in [0.1, 0.15) is 22.3 Å². The van der Waals surface area contributed by atoms with E-state index in [0.29, 0.717) is 53.3 Å². The van der Waals surface area contributed by atoms with E-state index in [2.05, 4.69) is 20.3 Å². The summed E-state index contributed by atoms with van der Waals surface area (Å²) in [5.41, 5.74) is 2.25. The Morgan fingerprint density at radius 1 is 1.28 bits per heavy atom. The molecule has 11 heteroatoms. The highest BCUT2D eigenvalue weighted by Crippen LogP contribution is 2.25. The van der Waals surface area contributed by atoms with Gasteiger partial charge in [0, 0.05) is 32.0 Å². The van der Waals surface area contributed by atoms with Crippen molar-refractivity contribution in [2.75, 3.05) is 26.9 Å². The molecule has 32 heavy (non-hydrogen) atoms. The van der Waals surface area contributed by atoms with E-state index in [1.807, 2.05) is 0 Å². The molecule has 0 aliphatic carbocycles. The predicted molar refractivity (Wildman–Crippen MR) is 109 cm³/mol. The number of halogens is 4. The topological polar surface area (TPSA) is 89.1 Å². The van der Waals surface area contributed by atoms with Crippen molar-refractivity contribution in [1.29, 1.82) is 0 Å². The van der Waals surface area contributed by atoms with Crippen molar-refractivity contribution < 1.29 is 31.8 Å². The van der Waals surface area contributed by atoms with Crippen LogP contribution in [0.5, 0.6) is 0 Å². The molecule has 0 spiro atoms. The van der Waals surface area contributed by atoms with Crippen LogP contribution in [0.4, 0.5) is 17.6 Å². The maximum atomic E-state index is 13.0. The van der Waals surface area contributed by atoms with Gasteiger partial charge in [0.25, 0.3) is 5.91 Å². The zero-order valence-electron chi connectivity index (χ0n) is 17.2. The van der Waals surface area contributed by atoms with E-state index in [-0.39, 0.29) is 12.5 Å². The number of aromatic nitrogens is 3. The summed E-state index contributed by atoms with van der Waals surface area (Å²) in [5, 5.41) is 2.80. The zero-order chi connectivity index (χ0) is 23.1. The van der Waals surface area contributed by atoms with Gasteiger partial charge in [-0.2, -0.15) is 8.78 Å². The Kier molecular flexibility index (Phi) is 7.75. The van der Waals surface area contributed by atoms with Crippen molar-refractivity contribution in [3.8, 4) is 11.4 Å². The van der Waals surface area contributed by atoms with E-state index < -0.39 is 19.0 Å². The van der Waals surface area contributed by atoms with Crippen LogP contribution in [0.2, 0.25) is 0 Å². The first-order valence-electron chi connectivity index (χ1n) is 9.76. The van der Waals surface area contributed by atoms with Crippen LogP contribution < -0.4 is 5.32 Å². The van der Waals surface area contributed by atoms with Gasteiger partial charge in [0.15, 0.2) is 5.65 Å². The molecule has 1 aromatic carbocycles. The average molecular weight is 454 g/mol. The van der Waals surface area contributed by atoms with Gasteiger partial charge in [0.1, 0.15) is 12.4 Å². The van der Waals surface area contributed by atoms with Gasteiger partial charge < -0.3 is 19.8 Å². The Balaban J connectivity index is 1.74. The summed E-state index contributed by atoms with van der Waals surface area (Å²) in [4.78, 5) is 24.1. The Bertz CT molecular complexity index is 1060. The Hall–Kier alpha value is -3.05. The highest BCUT2D eigenvalue weighted by molar-refractivity contribution is 6.04. The van der Waals surface area contributed by atoms with Gasteiger partial charge in [-0.3, -0.25) is 4.79 Å².